The first-order valence-electron chi connectivity index (χ1n) is 5.27. The summed E-state index contributed by atoms with van der Waals surface area (Å²) in [5, 5.41) is 2.42. The van der Waals surface area contributed by atoms with Crippen LogP contribution in [0.1, 0.15) is 27.2 Å². The first kappa shape index (κ1) is 14.7. The molecule has 0 aliphatic carbocycles. The molecule has 0 amide bonds. The number of nitrogens with zero attached hydrogens (tertiary/aromatic N) is 1. The highest BCUT2D eigenvalue weighted by Gasteiger charge is 2.26. The molecule has 0 aromatic carbocycles. The Morgan fingerprint density at radius 2 is 1.73 bits per heavy atom. The molecule has 15 heavy (non-hydrogen) atoms. The van der Waals surface area contributed by atoms with Crippen LogP contribution in [-0.2, 0) is 0 Å². The molecule has 0 radical (unpaired) electrons. The molecule has 0 bridgehead atoms. The van der Waals surface area contributed by atoms with Gasteiger partial charge in [0.2, 0.25) is 0 Å². The second kappa shape index (κ2) is 6.33. The molecule has 0 saturated carbocycles. The van der Waals surface area contributed by atoms with Crippen molar-refractivity contribution < 1.29 is 13.2 Å². The lowest BCUT2D eigenvalue weighted by Gasteiger charge is -2.30. The third-order valence-electron chi connectivity index (χ3n) is 2.75. The molecule has 0 heterocycles. The second-order valence-corrected chi connectivity index (χ2v) is 4.02. The highest BCUT2D eigenvalue weighted by Crippen LogP contribution is 2.12. The zero-order chi connectivity index (χ0) is 12.1. The van der Waals surface area contributed by atoms with Gasteiger partial charge in [-0.2, -0.15) is 13.2 Å². The predicted octanol–water partition coefficient (Wildman–Crippen LogP) is 2.26. The number of nitrogens with one attached hydrogen (secondary N) is 1. The Kier molecular flexibility index (Phi) is 6.20. The summed E-state index contributed by atoms with van der Waals surface area (Å²) in [5.41, 5.74) is 0. The van der Waals surface area contributed by atoms with Gasteiger partial charge in [-0.15, -0.1) is 0 Å². The summed E-state index contributed by atoms with van der Waals surface area (Å²) >= 11 is 0. The van der Waals surface area contributed by atoms with Crippen LogP contribution < -0.4 is 5.32 Å². The van der Waals surface area contributed by atoms with Crippen molar-refractivity contribution in [3.8, 4) is 0 Å². The van der Waals surface area contributed by atoms with Crippen molar-refractivity contribution >= 4 is 0 Å². The van der Waals surface area contributed by atoms with Gasteiger partial charge in [-0.25, -0.2) is 0 Å². The normalized spacial score (nSPS) is 16.8. The number of hydrogen-bond donors (Lipinski definition) is 1. The molecule has 2 unspecified atom stereocenters. The van der Waals surface area contributed by atoms with Gasteiger partial charge in [0, 0.05) is 18.6 Å². The van der Waals surface area contributed by atoms with Gasteiger partial charge < -0.3 is 5.32 Å². The summed E-state index contributed by atoms with van der Waals surface area (Å²) < 4.78 is 35.6. The van der Waals surface area contributed by atoms with Crippen LogP contribution in [0, 0.1) is 0 Å². The van der Waals surface area contributed by atoms with Crippen molar-refractivity contribution in [2.75, 3.05) is 20.1 Å². The van der Waals surface area contributed by atoms with Crippen molar-refractivity contribution in [1.29, 1.82) is 0 Å². The Morgan fingerprint density at radius 1 is 1.20 bits per heavy atom. The monoisotopic (exact) mass is 226 g/mol. The molecule has 92 valence electrons. The first-order valence-corrected chi connectivity index (χ1v) is 5.27. The number of rotatable bonds is 6. The Morgan fingerprint density at radius 3 is 2.13 bits per heavy atom. The van der Waals surface area contributed by atoms with Crippen molar-refractivity contribution in [3.05, 3.63) is 0 Å². The van der Waals surface area contributed by atoms with E-state index < -0.39 is 12.7 Å². The Labute approximate surface area is 89.8 Å². The number of alkyl halides is 3. The van der Waals surface area contributed by atoms with Crippen LogP contribution in [0.15, 0.2) is 0 Å². The van der Waals surface area contributed by atoms with E-state index in [2.05, 4.69) is 24.1 Å². The number of halogens is 3. The van der Waals surface area contributed by atoms with Crippen LogP contribution in [0.3, 0.4) is 0 Å². The van der Waals surface area contributed by atoms with Gasteiger partial charge in [0.15, 0.2) is 0 Å². The van der Waals surface area contributed by atoms with Gasteiger partial charge in [0.05, 0.1) is 6.54 Å². The van der Waals surface area contributed by atoms with Gasteiger partial charge in [-0.3, -0.25) is 4.90 Å². The van der Waals surface area contributed by atoms with Crippen molar-refractivity contribution in [1.82, 2.24) is 10.2 Å². The van der Waals surface area contributed by atoms with E-state index in [9.17, 15) is 13.2 Å². The van der Waals surface area contributed by atoms with E-state index in [1.54, 1.807) is 0 Å². The average Bonchev–Trinajstić information content (AvgIpc) is 2.13. The third kappa shape index (κ3) is 6.73. The van der Waals surface area contributed by atoms with E-state index in [0.29, 0.717) is 12.6 Å². The fourth-order valence-electron chi connectivity index (χ4n) is 1.29. The smallest absolute Gasteiger partial charge is 0.307 e. The van der Waals surface area contributed by atoms with Crippen molar-refractivity contribution in [2.45, 2.75) is 45.5 Å². The molecule has 0 aliphatic heterocycles. The highest BCUT2D eigenvalue weighted by molar-refractivity contribution is 4.71. The van der Waals surface area contributed by atoms with Gasteiger partial charge in [-0.05, 0) is 27.3 Å². The summed E-state index contributed by atoms with van der Waals surface area (Å²) in [5.74, 6) is 0. The lowest BCUT2D eigenvalue weighted by molar-refractivity contribution is -0.125. The zero-order valence-corrected chi connectivity index (χ0v) is 9.86. The molecule has 0 saturated heterocycles. The predicted molar refractivity (Wildman–Crippen MR) is 55.9 cm³/mol. The maximum Gasteiger partial charge on any atom is 0.401 e. The summed E-state index contributed by atoms with van der Waals surface area (Å²) in [7, 11) is 1.94. The number of hydrogen-bond acceptors (Lipinski definition) is 2. The average molecular weight is 226 g/mol. The van der Waals surface area contributed by atoms with Crippen LogP contribution in [0.5, 0.6) is 0 Å². The first-order chi connectivity index (χ1) is 6.78. The van der Waals surface area contributed by atoms with Crippen molar-refractivity contribution in [2.24, 2.45) is 0 Å². The standard InChI is InChI=1S/C10H21F3N2/c1-5-8(2)15(4)9(3)6-14-7-10(11,12)13/h8-9,14H,5-7H2,1-4H3. The molecule has 0 rings (SSSR count). The Hall–Kier alpha value is -0.290. The quantitative estimate of drug-likeness (QED) is 0.747. The third-order valence-corrected chi connectivity index (χ3v) is 2.75. The molecule has 0 aliphatic rings. The lowest BCUT2D eigenvalue weighted by atomic mass is 10.2. The summed E-state index contributed by atoms with van der Waals surface area (Å²) in [6.45, 7) is 5.51. The minimum absolute atomic E-state index is 0.113. The van der Waals surface area contributed by atoms with Gasteiger partial charge in [0.1, 0.15) is 0 Å². The molecular weight excluding hydrogens is 205 g/mol. The summed E-state index contributed by atoms with van der Waals surface area (Å²) in [6.07, 6.45) is -3.12. The molecule has 5 heteroatoms. The molecule has 0 spiro atoms. The Bertz CT molecular complexity index is 171. The fraction of sp³-hybridized carbons (Fsp3) is 1.00. The van der Waals surface area contributed by atoms with Gasteiger partial charge in [-0.1, -0.05) is 6.92 Å². The molecular formula is C10H21F3N2. The summed E-state index contributed by atoms with van der Waals surface area (Å²) in [4.78, 5) is 2.09. The number of likely N-dealkylation sites (N-methyl/N-ethyl adjacent to an activating group) is 1. The van der Waals surface area contributed by atoms with Gasteiger partial charge >= 0.3 is 6.18 Å². The topological polar surface area (TPSA) is 15.3 Å². The van der Waals surface area contributed by atoms with Crippen LogP contribution in [0.4, 0.5) is 13.2 Å². The lowest BCUT2D eigenvalue weighted by Crippen LogP contribution is -2.44. The molecule has 0 fully saturated rings. The van der Waals surface area contributed by atoms with Crippen molar-refractivity contribution in [3.63, 3.8) is 0 Å². The zero-order valence-electron chi connectivity index (χ0n) is 9.86. The van der Waals surface area contributed by atoms with Crippen LogP contribution in [-0.4, -0.2) is 43.3 Å². The molecule has 1 N–H and O–H groups in total. The maximum atomic E-state index is 11.9. The Balaban J connectivity index is 3.78. The molecule has 2 nitrogen and oxygen atoms in total. The largest absolute Gasteiger partial charge is 0.401 e. The SMILES string of the molecule is CCC(C)N(C)C(C)CNCC(F)(F)F. The van der Waals surface area contributed by atoms with E-state index in [-0.39, 0.29) is 6.04 Å². The van der Waals surface area contributed by atoms with E-state index in [1.165, 1.54) is 0 Å². The highest BCUT2D eigenvalue weighted by atomic mass is 19.4. The molecule has 0 aromatic heterocycles. The second-order valence-electron chi connectivity index (χ2n) is 4.02. The van der Waals surface area contributed by atoms with Gasteiger partial charge in [0.25, 0.3) is 0 Å². The van der Waals surface area contributed by atoms with E-state index >= 15 is 0 Å². The summed E-state index contributed by atoms with van der Waals surface area (Å²) in [6, 6.07) is 0.509. The van der Waals surface area contributed by atoms with Crippen LogP contribution >= 0.6 is 0 Å². The van der Waals surface area contributed by atoms with Crippen LogP contribution in [0.2, 0.25) is 0 Å². The van der Waals surface area contributed by atoms with E-state index in [4.69, 9.17) is 0 Å². The molecule has 2 atom stereocenters. The minimum atomic E-state index is -4.12. The van der Waals surface area contributed by atoms with E-state index in [0.717, 1.165) is 6.42 Å². The maximum absolute atomic E-state index is 11.9. The fourth-order valence-corrected chi connectivity index (χ4v) is 1.29. The van der Waals surface area contributed by atoms with Crippen LogP contribution in [0.25, 0.3) is 0 Å². The van der Waals surface area contributed by atoms with E-state index in [1.807, 2.05) is 14.0 Å². The minimum Gasteiger partial charge on any atom is -0.307 e. The molecule has 0 aromatic rings.